The summed E-state index contributed by atoms with van der Waals surface area (Å²) in [6.07, 6.45) is 2.36. The maximum atomic E-state index is 13.3. The smallest absolute Gasteiger partial charge is 0.123 e. The second-order valence-corrected chi connectivity index (χ2v) is 4.95. The number of hydrogen-bond donors (Lipinski definition) is 1. The first-order chi connectivity index (χ1) is 9.10. The number of furan rings is 1. The van der Waals surface area contributed by atoms with Crippen LogP contribution in [-0.4, -0.2) is 6.54 Å². The highest BCUT2D eigenvalue weighted by molar-refractivity contribution is 6.31. The highest BCUT2D eigenvalue weighted by atomic mass is 35.5. The van der Waals surface area contributed by atoms with E-state index >= 15 is 0 Å². The van der Waals surface area contributed by atoms with E-state index in [4.69, 9.17) is 16.0 Å². The zero-order valence-corrected chi connectivity index (χ0v) is 11.8. The Bertz CT molecular complexity index is 553. The second kappa shape index (κ2) is 6.22. The molecule has 0 radical (unpaired) electrons. The normalized spacial score (nSPS) is 12.6. The first-order valence-electron chi connectivity index (χ1n) is 6.32. The van der Waals surface area contributed by atoms with Crippen molar-refractivity contribution in [2.75, 3.05) is 6.54 Å². The molecule has 0 bridgehead atoms. The molecule has 1 aromatic heterocycles. The Morgan fingerprint density at radius 3 is 2.79 bits per heavy atom. The van der Waals surface area contributed by atoms with Gasteiger partial charge in [0, 0.05) is 16.6 Å². The quantitative estimate of drug-likeness (QED) is 0.885. The lowest BCUT2D eigenvalue weighted by Gasteiger charge is -2.17. The third-order valence-corrected chi connectivity index (χ3v) is 3.40. The maximum absolute atomic E-state index is 13.3. The van der Waals surface area contributed by atoms with Crippen LogP contribution in [0.5, 0.6) is 0 Å². The predicted octanol–water partition coefficient (Wildman–Crippen LogP) is 4.27. The number of benzene rings is 1. The molecule has 2 rings (SSSR count). The molecule has 1 aromatic carbocycles. The van der Waals surface area contributed by atoms with Crippen molar-refractivity contribution in [2.45, 2.75) is 26.3 Å². The summed E-state index contributed by atoms with van der Waals surface area (Å²) < 4.78 is 18.6. The highest BCUT2D eigenvalue weighted by Gasteiger charge is 2.15. The van der Waals surface area contributed by atoms with Gasteiger partial charge in [-0.15, -0.1) is 0 Å². The molecule has 1 atom stereocenters. The summed E-state index contributed by atoms with van der Waals surface area (Å²) in [5.41, 5.74) is 1.85. The Kier molecular flexibility index (Phi) is 4.61. The van der Waals surface area contributed by atoms with Crippen LogP contribution in [0.15, 0.2) is 34.9 Å². The van der Waals surface area contributed by atoms with Crippen LogP contribution in [0, 0.1) is 12.7 Å². The van der Waals surface area contributed by atoms with Crippen LogP contribution in [0.4, 0.5) is 4.39 Å². The molecule has 0 aliphatic carbocycles. The molecule has 0 aliphatic heterocycles. The molecule has 4 heteroatoms. The standard InChI is InChI=1S/C15H17ClFNO/c1-3-18-15(12-6-10(2)19-9-12)8-11-7-13(17)4-5-14(11)16/h4-7,9,15,18H,3,8H2,1-2H3. The van der Waals surface area contributed by atoms with Gasteiger partial charge in [-0.1, -0.05) is 18.5 Å². The molecule has 1 N–H and O–H groups in total. The minimum absolute atomic E-state index is 0.0711. The van der Waals surface area contributed by atoms with E-state index in [0.717, 1.165) is 23.4 Å². The van der Waals surface area contributed by atoms with E-state index < -0.39 is 0 Å². The number of likely N-dealkylation sites (N-methyl/N-ethyl adjacent to an activating group) is 1. The Morgan fingerprint density at radius 2 is 2.16 bits per heavy atom. The molecular formula is C15H17ClFNO. The van der Waals surface area contributed by atoms with Gasteiger partial charge in [-0.3, -0.25) is 0 Å². The highest BCUT2D eigenvalue weighted by Crippen LogP contribution is 2.25. The molecule has 102 valence electrons. The summed E-state index contributed by atoms with van der Waals surface area (Å²) in [5, 5.41) is 3.95. The number of hydrogen-bond acceptors (Lipinski definition) is 2. The fraction of sp³-hybridized carbons (Fsp3) is 0.333. The average molecular weight is 282 g/mol. The summed E-state index contributed by atoms with van der Waals surface area (Å²) in [7, 11) is 0. The largest absolute Gasteiger partial charge is 0.469 e. The van der Waals surface area contributed by atoms with Crippen molar-refractivity contribution in [2.24, 2.45) is 0 Å². The Balaban J connectivity index is 2.23. The van der Waals surface area contributed by atoms with Gasteiger partial charge in [0.25, 0.3) is 0 Å². The average Bonchev–Trinajstić information content (AvgIpc) is 2.80. The first-order valence-corrected chi connectivity index (χ1v) is 6.70. The first kappa shape index (κ1) is 14.1. The lowest BCUT2D eigenvalue weighted by atomic mass is 10.0. The number of aryl methyl sites for hydroxylation is 1. The number of nitrogens with one attached hydrogen (secondary N) is 1. The molecule has 0 fully saturated rings. The van der Waals surface area contributed by atoms with Crippen molar-refractivity contribution in [1.82, 2.24) is 5.32 Å². The van der Waals surface area contributed by atoms with Crippen LogP contribution in [0.1, 0.15) is 29.9 Å². The van der Waals surface area contributed by atoms with Crippen LogP contribution in [0.3, 0.4) is 0 Å². The van der Waals surface area contributed by atoms with Gasteiger partial charge >= 0.3 is 0 Å². The van der Waals surface area contributed by atoms with E-state index in [9.17, 15) is 4.39 Å². The van der Waals surface area contributed by atoms with Crippen molar-refractivity contribution in [3.63, 3.8) is 0 Å². The lowest BCUT2D eigenvalue weighted by molar-refractivity contribution is 0.510. The van der Waals surface area contributed by atoms with Crippen LogP contribution >= 0.6 is 11.6 Å². The lowest BCUT2D eigenvalue weighted by Crippen LogP contribution is -2.22. The number of rotatable bonds is 5. The topological polar surface area (TPSA) is 25.2 Å². The van der Waals surface area contributed by atoms with E-state index in [-0.39, 0.29) is 11.9 Å². The van der Waals surface area contributed by atoms with Gasteiger partial charge in [0.2, 0.25) is 0 Å². The van der Waals surface area contributed by atoms with Crippen molar-refractivity contribution < 1.29 is 8.81 Å². The van der Waals surface area contributed by atoms with Gasteiger partial charge in [-0.25, -0.2) is 4.39 Å². The number of halogens is 2. The fourth-order valence-electron chi connectivity index (χ4n) is 2.12. The molecule has 0 saturated heterocycles. The van der Waals surface area contributed by atoms with Gasteiger partial charge in [0.1, 0.15) is 11.6 Å². The minimum Gasteiger partial charge on any atom is -0.469 e. The molecule has 1 unspecified atom stereocenters. The zero-order chi connectivity index (χ0) is 13.8. The van der Waals surface area contributed by atoms with Gasteiger partial charge < -0.3 is 9.73 Å². The molecule has 2 aromatic rings. The van der Waals surface area contributed by atoms with E-state index in [2.05, 4.69) is 5.32 Å². The van der Waals surface area contributed by atoms with Crippen LogP contribution < -0.4 is 5.32 Å². The van der Waals surface area contributed by atoms with Crippen molar-refractivity contribution in [1.29, 1.82) is 0 Å². The molecular weight excluding hydrogens is 265 g/mol. The van der Waals surface area contributed by atoms with Gasteiger partial charge in [-0.05, 0) is 49.7 Å². The second-order valence-electron chi connectivity index (χ2n) is 4.54. The summed E-state index contributed by atoms with van der Waals surface area (Å²) >= 11 is 6.12. The Morgan fingerprint density at radius 1 is 1.37 bits per heavy atom. The summed E-state index contributed by atoms with van der Waals surface area (Å²) in [6.45, 7) is 4.76. The van der Waals surface area contributed by atoms with E-state index in [0.29, 0.717) is 11.4 Å². The van der Waals surface area contributed by atoms with Crippen molar-refractivity contribution >= 4 is 11.6 Å². The van der Waals surface area contributed by atoms with Crippen LogP contribution in [-0.2, 0) is 6.42 Å². The third-order valence-electron chi connectivity index (χ3n) is 3.04. The molecule has 19 heavy (non-hydrogen) atoms. The van der Waals surface area contributed by atoms with Crippen LogP contribution in [0.25, 0.3) is 0 Å². The Labute approximate surface area is 117 Å². The SMILES string of the molecule is CCNC(Cc1cc(F)ccc1Cl)c1coc(C)c1. The Hall–Kier alpha value is -1.32. The molecule has 1 heterocycles. The molecule has 0 spiro atoms. The van der Waals surface area contributed by atoms with E-state index in [1.54, 1.807) is 12.3 Å². The molecule has 0 saturated carbocycles. The summed E-state index contributed by atoms with van der Waals surface area (Å²) in [6, 6.07) is 6.51. The zero-order valence-electron chi connectivity index (χ0n) is 11.0. The molecule has 0 amide bonds. The van der Waals surface area contributed by atoms with Gasteiger partial charge in [0.05, 0.1) is 6.26 Å². The minimum atomic E-state index is -0.266. The molecule has 0 aliphatic rings. The maximum Gasteiger partial charge on any atom is 0.123 e. The summed E-state index contributed by atoms with van der Waals surface area (Å²) in [5.74, 6) is 0.598. The summed E-state index contributed by atoms with van der Waals surface area (Å²) in [4.78, 5) is 0. The van der Waals surface area contributed by atoms with E-state index in [1.807, 2.05) is 19.9 Å². The van der Waals surface area contributed by atoms with Crippen LogP contribution in [0.2, 0.25) is 5.02 Å². The van der Waals surface area contributed by atoms with Gasteiger partial charge in [-0.2, -0.15) is 0 Å². The monoisotopic (exact) mass is 281 g/mol. The van der Waals surface area contributed by atoms with Crippen molar-refractivity contribution in [3.05, 3.63) is 58.3 Å². The fourth-order valence-corrected chi connectivity index (χ4v) is 2.32. The third kappa shape index (κ3) is 3.58. The molecule has 2 nitrogen and oxygen atoms in total. The van der Waals surface area contributed by atoms with Crippen molar-refractivity contribution in [3.8, 4) is 0 Å². The van der Waals surface area contributed by atoms with E-state index in [1.165, 1.54) is 12.1 Å². The predicted molar refractivity (Wildman–Crippen MR) is 75.0 cm³/mol. The van der Waals surface area contributed by atoms with Gasteiger partial charge in [0.15, 0.2) is 0 Å².